The summed E-state index contributed by atoms with van der Waals surface area (Å²) >= 11 is 6.37. The van der Waals surface area contributed by atoms with Gasteiger partial charge in [0, 0.05) is 23.5 Å². The van der Waals surface area contributed by atoms with Crippen molar-refractivity contribution in [3.05, 3.63) is 105 Å². The molecule has 0 N–H and O–H groups in total. The van der Waals surface area contributed by atoms with Crippen molar-refractivity contribution in [1.82, 2.24) is 19.5 Å². The normalized spacial score (nSPS) is 10.9. The Morgan fingerprint density at radius 2 is 1.91 bits per heavy atom. The molecular formula is C25H19ClF2N4O2. The second-order valence-electron chi connectivity index (χ2n) is 7.50. The molecular weight excluding hydrogens is 462 g/mol. The van der Waals surface area contributed by atoms with Crippen LogP contribution in [-0.2, 0) is 6.61 Å². The van der Waals surface area contributed by atoms with Crippen molar-refractivity contribution >= 4 is 17.7 Å². The Kier molecular flexibility index (Phi) is 6.51. The summed E-state index contributed by atoms with van der Waals surface area (Å²) in [6.45, 7) is 7.09. The van der Waals surface area contributed by atoms with Gasteiger partial charge in [-0.1, -0.05) is 24.2 Å². The molecule has 0 aliphatic carbocycles. The molecule has 172 valence electrons. The van der Waals surface area contributed by atoms with Crippen molar-refractivity contribution in [2.24, 2.45) is 0 Å². The van der Waals surface area contributed by atoms with Crippen LogP contribution in [0.2, 0.25) is 5.02 Å². The van der Waals surface area contributed by atoms with Crippen LogP contribution in [-0.4, -0.2) is 19.5 Å². The first-order chi connectivity index (χ1) is 16.3. The van der Waals surface area contributed by atoms with Gasteiger partial charge in [-0.25, -0.2) is 18.7 Å². The first-order valence-corrected chi connectivity index (χ1v) is 10.6. The number of ether oxygens (including phenoxy) is 1. The topological polar surface area (TPSA) is 69.9 Å². The lowest BCUT2D eigenvalue weighted by atomic mass is 10.1. The van der Waals surface area contributed by atoms with Gasteiger partial charge in [0.25, 0.3) is 11.4 Å². The van der Waals surface area contributed by atoms with Crippen LogP contribution in [0, 0.1) is 25.5 Å². The Hall–Kier alpha value is -3.91. The Morgan fingerprint density at radius 1 is 1.12 bits per heavy atom. The van der Waals surface area contributed by atoms with Gasteiger partial charge in [-0.15, -0.1) is 0 Å². The molecule has 0 aliphatic rings. The highest BCUT2D eigenvalue weighted by molar-refractivity contribution is 6.31. The molecule has 4 aromatic rings. The van der Waals surface area contributed by atoms with E-state index in [0.717, 1.165) is 11.8 Å². The van der Waals surface area contributed by atoms with Gasteiger partial charge in [0.1, 0.15) is 17.4 Å². The SMILES string of the molecule is C=Cc1cccc(-c2cc(-n3c(C)cc(COc4ncc(F)cc4F)c(Cl)c3=O)c(C)cn2)n1. The summed E-state index contributed by atoms with van der Waals surface area (Å²) < 4.78 is 33.7. The highest BCUT2D eigenvalue weighted by Crippen LogP contribution is 2.24. The largest absolute Gasteiger partial charge is 0.471 e. The van der Waals surface area contributed by atoms with Crippen LogP contribution in [0.15, 0.2) is 60.2 Å². The first-order valence-electron chi connectivity index (χ1n) is 10.2. The number of hydrogen-bond acceptors (Lipinski definition) is 5. The molecule has 0 bridgehead atoms. The summed E-state index contributed by atoms with van der Waals surface area (Å²) in [5, 5.41) is -0.0855. The zero-order valence-electron chi connectivity index (χ0n) is 18.3. The van der Waals surface area contributed by atoms with E-state index in [2.05, 4.69) is 21.5 Å². The van der Waals surface area contributed by atoms with Gasteiger partial charge >= 0.3 is 0 Å². The lowest BCUT2D eigenvalue weighted by Gasteiger charge is -2.16. The summed E-state index contributed by atoms with van der Waals surface area (Å²) in [4.78, 5) is 25.7. The van der Waals surface area contributed by atoms with Gasteiger partial charge in [-0.2, -0.15) is 0 Å². The molecule has 4 rings (SSSR count). The van der Waals surface area contributed by atoms with Gasteiger partial charge in [-0.05, 0) is 49.8 Å². The molecule has 0 spiro atoms. The van der Waals surface area contributed by atoms with Crippen molar-refractivity contribution in [2.45, 2.75) is 20.5 Å². The number of aromatic nitrogens is 4. The standard InChI is InChI=1S/C25H19ClF2N4O2/c1-4-18-6-5-7-20(31-18)21-10-22(14(2)11-29-21)32-15(3)8-16(23(26)25(32)33)13-34-24-19(28)9-17(27)12-30-24/h4-12H,1,13H2,2-3H3. The number of hydrogen-bond donors (Lipinski definition) is 0. The maximum absolute atomic E-state index is 13.8. The predicted octanol–water partition coefficient (Wildman–Crippen LogP) is 5.46. The number of aryl methyl sites for hydroxylation is 2. The number of halogens is 3. The summed E-state index contributed by atoms with van der Waals surface area (Å²) in [5.41, 5.74) is 3.72. The molecule has 0 aliphatic heterocycles. The van der Waals surface area contributed by atoms with Gasteiger partial charge in [0.15, 0.2) is 5.82 Å². The van der Waals surface area contributed by atoms with Crippen LogP contribution in [0.5, 0.6) is 5.88 Å². The van der Waals surface area contributed by atoms with Crippen molar-refractivity contribution in [3.8, 4) is 23.0 Å². The molecule has 4 aromatic heterocycles. The smallest absolute Gasteiger partial charge is 0.274 e. The number of rotatable bonds is 6. The lowest BCUT2D eigenvalue weighted by Crippen LogP contribution is -2.24. The fourth-order valence-corrected chi connectivity index (χ4v) is 3.63. The molecule has 6 nitrogen and oxygen atoms in total. The number of nitrogens with zero attached hydrogens (tertiary/aromatic N) is 4. The van der Waals surface area contributed by atoms with E-state index < -0.39 is 17.2 Å². The van der Waals surface area contributed by atoms with Crippen molar-refractivity contribution in [3.63, 3.8) is 0 Å². The molecule has 0 aromatic carbocycles. The van der Waals surface area contributed by atoms with E-state index in [4.69, 9.17) is 16.3 Å². The molecule has 0 atom stereocenters. The third-order valence-corrected chi connectivity index (χ3v) is 5.51. The molecule has 0 radical (unpaired) electrons. The summed E-state index contributed by atoms with van der Waals surface area (Å²) in [6.07, 6.45) is 4.14. The van der Waals surface area contributed by atoms with Gasteiger partial charge in [0.05, 0.1) is 29.0 Å². The Morgan fingerprint density at radius 3 is 2.65 bits per heavy atom. The van der Waals surface area contributed by atoms with Crippen LogP contribution in [0.25, 0.3) is 23.2 Å². The fraction of sp³-hybridized carbons (Fsp3) is 0.120. The second kappa shape index (κ2) is 9.52. The first kappa shape index (κ1) is 23.3. The number of pyridine rings is 4. The van der Waals surface area contributed by atoms with Gasteiger partial charge < -0.3 is 4.74 Å². The maximum atomic E-state index is 13.8. The average molecular weight is 481 g/mol. The Labute approximate surface area is 199 Å². The van der Waals surface area contributed by atoms with E-state index in [9.17, 15) is 13.6 Å². The van der Waals surface area contributed by atoms with E-state index in [-0.39, 0.29) is 17.5 Å². The predicted molar refractivity (Wildman–Crippen MR) is 126 cm³/mol. The highest BCUT2D eigenvalue weighted by Gasteiger charge is 2.17. The van der Waals surface area contributed by atoms with Gasteiger partial charge in [0.2, 0.25) is 0 Å². The summed E-state index contributed by atoms with van der Waals surface area (Å²) in [6, 6.07) is 9.60. The van der Waals surface area contributed by atoms with E-state index in [1.807, 2.05) is 25.1 Å². The van der Waals surface area contributed by atoms with E-state index >= 15 is 0 Å². The van der Waals surface area contributed by atoms with Crippen molar-refractivity contribution in [1.29, 1.82) is 0 Å². The molecule has 0 saturated carbocycles. The van der Waals surface area contributed by atoms with Crippen LogP contribution >= 0.6 is 11.6 Å². The average Bonchev–Trinajstić information content (AvgIpc) is 2.82. The molecule has 0 unspecified atom stereocenters. The highest BCUT2D eigenvalue weighted by atomic mass is 35.5. The van der Waals surface area contributed by atoms with E-state index in [1.54, 1.807) is 31.3 Å². The molecule has 0 saturated heterocycles. The minimum absolute atomic E-state index is 0.0855. The zero-order valence-corrected chi connectivity index (χ0v) is 19.1. The van der Waals surface area contributed by atoms with Crippen LogP contribution in [0.3, 0.4) is 0 Å². The molecule has 34 heavy (non-hydrogen) atoms. The minimum Gasteiger partial charge on any atom is -0.471 e. The van der Waals surface area contributed by atoms with E-state index in [1.165, 1.54) is 4.57 Å². The summed E-state index contributed by atoms with van der Waals surface area (Å²) in [7, 11) is 0. The lowest BCUT2D eigenvalue weighted by molar-refractivity contribution is 0.275. The summed E-state index contributed by atoms with van der Waals surface area (Å²) in [5.74, 6) is -2.15. The second-order valence-corrected chi connectivity index (χ2v) is 7.88. The van der Waals surface area contributed by atoms with E-state index in [0.29, 0.717) is 40.1 Å². The molecule has 4 heterocycles. The Balaban J connectivity index is 1.72. The quantitative estimate of drug-likeness (QED) is 0.366. The Bertz CT molecular complexity index is 1470. The maximum Gasteiger partial charge on any atom is 0.274 e. The molecule has 0 amide bonds. The fourth-order valence-electron chi connectivity index (χ4n) is 3.44. The zero-order chi connectivity index (χ0) is 24.4. The van der Waals surface area contributed by atoms with Crippen molar-refractivity contribution < 1.29 is 13.5 Å². The third kappa shape index (κ3) is 4.58. The monoisotopic (exact) mass is 480 g/mol. The minimum atomic E-state index is -0.949. The van der Waals surface area contributed by atoms with Crippen LogP contribution in [0.1, 0.15) is 22.5 Å². The van der Waals surface area contributed by atoms with Crippen molar-refractivity contribution in [2.75, 3.05) is 0 Å². The van der Waals surface area contributed by atoms with Crippen LogP contribution < -0.4 is 10.3 Å². The third-order valence-electron chi connectivity index (χ3n) is 5.10. The molecule has 0 fully saturated rings. The van der Waals surface area contributed by atoms with Gasteiger partial charge in [-0.3, -0.25) is 14.3 Å². The van der Waals surface area contributed by atoms with Crippen LogP contribution in [0.4, 0.5) is 8.78 Å². The molecule has 9 heteroatoms.